The monoisotopic (exact) mass is 561 g/mol. The van der Waals surface area contributed by atoms with Crippen LogP contribution in [0, 0.1) is 30.0 Å². The summed E-state index contributed by atoms with van der Waals surface area (Å²) in [5.74, 6) is -2.27. The van der Waals surface area contributed by atoms with Crippen LogP contribution in [-0.4, -0.2) is 23.8 Å². The predicted molar refractivity (Wildman–Crippen MR) is 122 cm³/mol. The normalized spacial score (nSPS) is 23.5. The molecule has 1 heterocycles. The summed E-state index contributed by atoms with van der Waals surface area (Å²) in [4.78, 5) is 17.4. The number of oxime groups is 1. The number of alkyl halides is 6. The molecule has 3 unspecified atom stereocenters. The van der Waals surface area contributed by atoms with Crippen molar-refractivity contribution < 1.29 is 40.4 Å². The van der Waals surface area contributed by atoms with Crippen molar-refractivity contribution in [3.05, 3.63) is 69.0 Å². The van der Waals surface area contributed by atoms with Crippen LogP contribution in [0.1, 0.15) is 58.3 Å². The highest BCUT2D eigenvalue weighted by molar-refractivity contribution is 6.30. The molecule has 1 fully saturated rings. The first kappa shape index (κ1) is 27.7. The van der Waals surface area contributed by atoms with Gasteiger partial charge in [0.15, 0.2) is 0 Å². The molecule has 1 N–H and O–H groups in total. The van der Waals surface area contributed by atoms with E-state index in [1.807, 2.05) is 0 Å². The molecule has 4 rings (SSSR count). The summed E-state index contributed by atoms with van der Waals surface area (Å²) in [6.07, 6.45) is -9.77. The third-order valence-electron chi connectivity index (χ3n) is 6.73. The van der Waals surface area contributed by atoms with E-state index in [4.69, 9.17) is 16.9 Å². The van der Waals surface area contributed by atoms with Crippen molar-refractivity contribution in [2.45, 2.75) is 56.6 Å². The molecule has 0 saturated heterocycles. The van der Waals surface area contributed by atoms with Crippen molar-refractivity contribution in [2.75, 3.05) is 0 Å². The van der Waals surface area contributed by atoms with Crippen molar-refractivity contribution in [1.29, 1.82) is 5.26 Å². The Morgan fingerprint density at radius 1 is 1.18 bits per heavy atom. The van der Waals surface area contributed by atoms with Gasteiger partial charge in [0, 0.05) is 23.1 Å². The van der Waals surface area contributed by atoms with Gasteiger partial charge in [-0.3, -0.25) is 4.79 Å². The number of aryl methyl sites for hydroxylation is 1. The summed E-state index contributed by atoms with van der Waals surface area (Å²) in [6, 6.07) is 6.26. The smallest absolute Gasteiger partial charge is 0.374 e. The zero-order valence-electron chi connectivity index (χ0n) is 19.6. The maximum absolute atomic E-state index is 14.8. The van der Waals surface area contributed by atoms with Gasteiger partial charge in [-0.15, -0.1) is 0 Å². The number of rotatable bonds is 4. The number of hydrogen-bond acceptors (Lipinski definition) is 4. The fourth-order valence-corrected chi connectivity index (χ4v) is 4.89. The van der Waals surface area contributed by atoms with Crippen LogP contribution in [0.5, 0.6) is 0 Å². The van der Waals surface area contributed by atoms with Crippen LogP contribution in [0.15, 0.2) is 35.5 Å². The van der Waals surface area contributed by atoms with E-state index >= 15 is 0 Å². The van der Waals surface area contributed by atoms with Gasteiger partial charge in [-0.05, 0) is 61.6 Å². The fourth-order valence-electron chi connectivity index (χ4n) is 4.67. The second kappa shape index (κ2) is 9.76. The number of hydrogen-bond donors (Lipinski definition) is 1. The van der Waals surface area contributed by atoms with Crippen LogP contribution in [-0.2, 0) is 16.6 Å². The van der Waals surface area contributed by atoms with Crippen LogP contribution in [0.25, 0.3) is 0 Å². The second-order valence-electron chi connectivity index (χ2n) is 9.29. The van der Waals surface area contributed by atoms with Gasteiger partial charge in [-0.2, -0.15) is 31.6 Å². The lowest BCUT2D eigenvalue weighted by Gasteiger charge is -2.30. The van der Waals surface area contributed by atoms with E-state index in [0.29, 0.717) is 24.8 Å². The average molecular weight is 562 g/mol. The van der Waals surface area contributed by atoms with Gasteiger partial charge in [0.1, 0.15) is 5.82 Å². The van der Waals surface area contributed by atoms with Gasteiger partial charge in [0.2, 0.25) is 0 Å². The Hall–Kier alpha value is -3.33. The molecular weight excluding hydrogens is 543 g/mol. The average Bonchev–Trinajstić information content (AvgIpc) is 3.47. The van der Waals surface area contributed by atoms with Crippen LogP contribution in [0.2, 0.25) is 5.02 Å². The SMILES string of the molecule is Cc1cc(C2=NOC(c3cc(C(F)(F)F)cc(Cl)c3F)(C(F)(F)F)C2)ccc1C(=O)NC1CCC(C#N)C1. The largest absolute Gasteiger partial charge is 0.435 e. The lowest BCUT2D eigenvalue weighted by Crippen LogP contribution is -2.43. The first-order valence-electron chi connectivity index (χ1n) is 11.4. The molecule has 1 amide bonds. The van der Waals surface area contributed by atoms with E-state index in [2.05, 4.69) is 21.4 Å². The van der Waals surface area contributed by atoms with E-state index in [1.54, 1.807) is 6.92 Å². The molecule has 3 atom stereocenters. The van der Waals surface area contributed by atoms with Crippen molar-refractivity contribution in [3.8, 4) is 6.07 Å². The van der Waals surface area contributed by atoms with Crippen molar-refractivity contribution >= 4 is 23.2 Å². The first-order valence-corrected chi connectivity index (χ1v) is 11.7. The highest BCUT2D eigenvalue weighted by Crippen LogP contribution is 2.51. The molecule has 1 aliphatic carbocycles. The third-order valence-corrected chi connectivity index (χ3v) is 7.01. The number of carbonyl (C=O) groups excluding carboxylic acids is 1. The molecule has 1 saturated carbocycles. The number of halogens is 8. The van der Waals surface area contributed by atoms with Crippen LogP contribution < -0.4 is 5.32 Å². The Labute approximate surface area is 217 Å². The minimum Gasteiger partial charge on any atom is -0.374 e. The summed E-state index contributed by atoms with van der Waals surface area (Å²) < 4.78 is 97.3. The molecule has 2 aromatic rings. The molecule has 13 heteroatoms. The van der Waals surface area contributed by atoms with Gasteiger partial charge < -0.3 is 10.2 Å². The van der Waals surface area contributed by atoms with E-state index in [9.17, 15) is 35.5 Å². The molecular formula is C25H19ClF7N3O2. The second-order valence-corrected chi connectivity index (χ2v) is 9.69. The van der Waals surface area contributed by atoms with Crippen molar-refractivity contribution in [2.24, 2.45) is 11.1 Å². The Morgan fingerprint density at radius 2 is 1.89 bits per heavy atom. The summed E-state index contributed by atoms with van der Waals surface area (Å²) in [5, 5.41) is 14.2. The van der Waals surface area contributed by atoms with Gasteiger partial charge in [-0.25, -0.2) is 4.39 Å². The number of benzene rings is 2. The predicted octanol–water partition coefficient (Wildman–Crippen LogP) is 6.81. The number of nitrogens with one attached hydrogen (secondary N) is 1. The van der Waals surface area contributed by atoms with Gasteiger partial charge in [0.05, 0.1) is 28.8 Å². The maximum Gasteiger partial charge on any atom is 0.435 e. The molecule has 0 spiro atoms. The van der Waals surface area contributed by atoms with Crippen molar-refractivity contribution in [3.63, 3.8) is 0 Å². The summed E-state index contributed by atoms with van der Waals surface area (Å²) in [5.41, 5.74) is -6.15. The van der Waals surface area contributed by atoms with Crippen LogP contribution in [0.3, 0.4) is 0 Å². The molecule has 5 nitrogen and oxygen atoms in total. The third kappa shape index (κ3) is 5.04. The van der Waals surface area contributed by atoms with E-state index in [1.165, 1.54) is 18.2 Å². The number of carbonyl (C=O) groups is 1. The molecule has 2 aromatic carbocycles. The van der Waals surface area contributed by atoms with E-state index in [0.717, 1.165) is 0 Å². The Bertz CT molecular complexity index is 1350. The molecule has 0 bridgehead atoms. The summed E-state index contributed by atoms with van der Waals surface area (Å²) in [6.45, 7) is 1.55. The van der Waals surface area contributed by atoms with Gasteiger partial charge in [-0.1, -0.05) is 22.8 Å². The first-order chi connectivity index (χ1) is 17.7. The highest BCUT2D eigenvalue weighted by Gasteiger charge is 2.64. The molecule has 202 valence electrons. The minimum absolute atomic E-state index is 0.0196. The Kier molecular flexibility index (Phi) is 7.12. The van der Waals surface area contributed by atoms with E-state index in [-0.39, 0.29) is 40.9 Å². The minimum atomic E-state index is -5.37. The Morgan fingerprint density at radius 3 is 2.47 bits per heavy atom. The van der Waals surface area contributed by atoms with E-state index < -0.39 is 52.2 Å². The number of nitrogens with zero attached hydrogens (tertiary/aromatic N) is 2. The molecule has 0 aromatic heterocycles. The fraction of sp³-hybridized carbons (Fsp3) is 0.400. The summed E-state index contributed by atoms with van der Waals surface area (Å²) >= 11 is 5.52. The van der Waals surface area contributed by atoms with Crippen LogP contribution >= 0.6 is 11.6 Å². The molecule has 0 radical (unpaired) electrons. The quantitative estimate of drug-likeness (QED) is 0.417. The number of nitriles is 1. The number of amides is 1. The lowest BCUT2D eigenvalue weighted by atomic mass is 9.85. The molecule has 1 aliphatic heterocycles. The zero-order valence-corrected chi connectivity index (χ0v) is 20.4. The maximum atomic E-state index is 14.8. The van der Waals surface area contributed by atoms with Gasteiger partial charge in [0.25, 0.3) is 11.5 Å². The zero-order chi connectivity index (χ0) is 28.0. The lowest BCUT2D eigenvalue weighted by molar-refractivity contribution is -0.276. The van der Waals surface area contributed by atoms with Gasteiger partial charge >= 0.3 is 12.4 Å². The standard InChI is InChI=1S/C25H19ClF7N3O2/c1-12-6-14(3-5-17(12)22(37)35-16-4-2-13(7-16)11-34)20-10-23(38-36-20,25(31,32)33)18-8-15(24(28,29)30)9-19(26)21(18)27/h3,5-6,8-9,13,16H,2,4,7,10H2,1H3,(H,35,37). The Balaban J connectivity index is 1.62. The topological polar surface area (TPSA) is 74.5 Å². The molecule has 38 heavy (non-hydrogen) atoms. The van der Waals surface area contributed by atoms with Crippen LogP contribution in [0.4, 0.5) is 30.7 Å². The summed E-state index contributed by atoms with van der Waals surface area (Å²) in [7, 11) is 0. The van der Waals surface area contributed by atoms with Crippen molar-refractivity contribution in [1.82, 2.24) is 5.32 Å². The molecule has 2 aliphatic rings. The highest BCUT2D eigenvalue weighted by atomic mass is 35.5.